The van der Waals surface area contributed by atoms with Gasteiger partial charge < -0.3 is 10.1 Å². The van der Waals surface area contributed by atoms with Gasteiger partial charge in [-0.3, -0.25) is 9.78 Å². The Kier molecular flexibility index (Phi) is 7.05. The Bertz CT molecular complexity index is 1140. The Morgan fingerprint density at radius 1 is 1.12 bits per heavy atom. The van der Waals surface area contributed by atoms with Crippen LogP contribution in [0.1, 0.15) is 66.4 Å². The molecule has 1 amide bonds. The minimum absolute atomic E-state index is 0.0547. The van der Waals surface area contributed by atoms with Gasteiger partial charge in [-0.15, -0.1) is 0 Å². The summed E-state index contributed by atoms with van der Waals surface area (Å²) in [6.07, 6.45) is 3.26. The molecule has 4 rings (SSSR count). The average Bonchev–Trinajstić information content (AvgIpc) is 2.86. The van der Waals surface area contributed by atoms with Crippen LogP contribution in [0.15, 0.2) is 48.8 Å². The molecule has 8 heteroatoms. The molecule has 0 spiro atoms. The zero-order chi connectivity index (χ0) is 24.3. The van der Waals surface area contributed by atoms with Crippen LogP contribution in [0.4, 0.5) is 13.2 Å². The quantitative estimate of drug-likeness (QED) is 0.469. The number of carbonyl (C=O) groups excluding carboxylic acids is 1. The van der Waals surface area contributed by atoms with E-state index in [1.165, 1.54) is 13.3 Å². The van der Waals surface area contributed by atoms with E-state index in [1.807, 2.05) is 6.07 Å². The largest absolute Gasteiger partial charge is 0.481 e. The minimum atomic E-state index is -4.38. The first-order valence-corrected chi connectivity index (χ1v) is 11.6. The van der Waals surface area contributed by atoms with Crippen LogP contribution in [-0.4, -0.2) is 29.0 Å². The van der Waals surface area contributed by atoms with Gasteiger partial charge in [-0.05, 0) is 73.8 Å². The zero-order valence-corrected chi connectivity index (χ0v) is 19.2. The number of hydrogen-bond acceptors (Lipinski definition) is 4. The van der Waals surface area contributed by atoms with Gasteiger partial charge in [0.25, 0.3) is 5.91 Å². The number of benzene rings is 1. The number of methoxy groups -OCH3 is 1. The molecule has 1 atom stereocenters. The molecule has 0 aliphatic heterocycles. The van der Waals surface area contributed by atoms with Gasteiger partial charge in [-0.2, -0.15) is 13.2 Å². The SMILES string of the molecule is CC[C@@H](NC(=O)c1ccc(OC)nc1)C1CCC(c2ccnc3cc(C(F)(F)F)ccc23)CC1. The molecule has 180 valence electrons. The summed E-state index contributed by atoms with van der Waals surface area (Å²) in [4.78, 5) is 21.0. The van der Waals surface area contributed by atoms with Crippen molar-refractivity contribution in [2.75, 3.05) is 7.11 Å². The number of rotatable bonds is 6. The monoisotopic (exact) mass is 471 g/mol. The van der Waals surface area contributed by atoms with E-state index >= 15 is 0 Å². The van der Waals surface area contributed by atoms with Crippen molar-refractivity contribution in [3.05, 3.63) is 65.5 Å². The first-order chi connectivity index (χ1) is 16.3. The maximum Gasteiger partial charge on any atom is 0.416 e. The highest BCUT2D eigenvalue weighted by atomic mass is 19.4. The zero-order valence-electron chi connectivity index (χ0n) is 19.2. The van der Waals surface area contributed by atoms with E-state index in [4.69, 9.17) is 4.74 Å². The molecule has 1 aliphatic rings. The van der Waals surface area contributed by atoms with Crippen molar-refractivity contribution in [2.24, 2.45) is 5.92 Å². The topological polar surface area (TPSA) is 64.1 Å². The molecule has 1 saturated carbocycles. The highest BCUT2D eigenvalue weighted by Crippen LogP contribution is 2.40. The van der Waals surface area contributed by atoms with Gasteiger partial charge in [-0.25, -0.2) is 4.98 Å². The van der Waals surface area contributed by atoms with Gasteiger partial charge in [0.1, 0.15) is 0 Å². The Morgan fingerprint density at radius 2 is 1.88 bits per heavy atom. The van der Waals surface area contributed by atoms with Crippen LogP contribution in [0.2, 0.25) is 0 Å². The van der Waals surface area contributed by atoms with Gasteiger partial charge in [-0.1, -0.05) is 13.0 Å². The summed E-state index contributed by atoms with van der Waals surface area (Å²) >= 11 is 0. The molecule has 2 aromatic heterocycles. The summed E-state index contributed by atoms with van der Waals surface area (Å²) in [5.74, 6) is 0.920. The van der Waals surface area contributed by atoms with Crippen LogP contribution in [-0.2, 0) is 6.18 Å². The van der Waals surface area contributed by atoms with Crippen LogP contribution in [0.3, 0.4) is 0 Å². The molecular weight excluding hydrogens is 443 g/mol. The third-order valence-electron chi connectivity index (χ3n) is 6.85. The summed E-state index contributed by atoms with van der Waals surface area (Å²) in [5, 5.41) is 3.94. The summed E-state index contributed by atoms with van der Waals surface area (Å²) in [6.45, 7) is 2.07. The number of ether oxygens (including phenoxy) is 1. The summed E-state index contributed by atoms with van der Waals surface area (Å²) in [7, 11) is 1.53. The highest BCUT2D eigenvalue weighted by molar-refractivity contribution is 5.94. The smallest absolute Gasteiger partial charge is 0.416 e. The number of pyridine rings is 2. The predicted molar refractivity (Wildman–Crippen MR) is 124 cm³/mol. The lowest BCUT2D eigenvalue weighted by Crippen LogP contribution is -2.41. The van der Waals surface area contributed by atoms with Crippen molar-refractivity contribution in [3.63, 3.8) is 0 Å². The number of carbonyl (C=O) groups is 1. The number of fused-ring (bicyclic) bond motifs is 1. The molecule has 34 heavy (non-hydrogen) atoms. The van der Waals surface area contributed by atoms with Gasteiger partial charge >= 0.3 is 6.18 Å². The lowest BCUT2D eigenvalue weighted by Gasteiger charge is -2.34. The van der Waals surface area contributed by atoms with Crippen LogP contribution in [0.5, 0.6) is 5.88 Å². The number of aromatic nitrogens is 2. The number of nitrogens with zero attached hydrogens (tertiary/aromatic N) is 2. The summed E-state index contributed by atoms with van der Waals surface area (Å²) in [6, 6.07) is 9.15. The van der Waals surface area contributed by atoms with E-state index < -0.39 is 11.7 Å². The number of amides is 1. The van der Waals surface area contributed by atoms with E-state index in [1.54, 1.807) is 24.4 Å². The van der Waals surface area contributed by atoms with Crippen molar-refractivity contribution in [1.29, 1.82) is 0 Å². The molecule has 0 bridgehead atoms. The Morgan fingerprint density at radius 3 is 2.50 bits per heavy atom. The predicted octanol–water partition coefficient (Wildman–Crippen LogP) is 6.14. The maximum absolute atomic E-state index is 13.1. The molecule has 2 heterocycles. The second-order valence-electron chi connectivity index (χ2n) is 8.82. The number of halogens is 3. The molecule has 5 nitrogen and oxygen atoms in total. The molecule has 3 aromatic rings. The van der Waals surface area contributed by atoms with Gasteiger partial charge in [0, 0.05) is 29.9 Å². The highest BCUT2D eigenvalue weighted by Gasteiger charge is 2.32. The number of alkyl halides is 3. The minimum Gasteiger partial charge on any atom is -0.481 e. The van der Waals surface area contributed by atoms with Gasteiger partial charge in [0.15, 0.2) is 0 Å². The van der Waals surface area contributed by atoms with E-state index in [0.29, 0.717) is 22.9 Å². The standard InChI is InChI=1S/C26H28F3N3O2/c1-3-22(32-25(33)18-8-11-24(34-2)31-15-18)17-6-4-16(5-7-17)20-12-13-30-23-14-19(26(27,28)29)9-10-21(20)23/h8-17,22H,3-7H2,1-2H3,(H,32,33)/t16?,17?,22-/m1/s1. The normalized spacial score (nSPS) is 19.6. The van der Waals surface area contributed by atoms with Crippen LogP contribution in [0, 0.1) is 5.92 Å². The van der Waals surface area contributed by atoms with Gasteiger partial charge in [0.05, 0.1) is 23.8 Å². The van der Waals surface area contributed by atoms with Crippen molar-refractivity contribution >= 4 is 16.8 Å². The van der Waals surface area contributed by atoms with Crippen molar-refractivity contribution < 1.29 is 22.7 Å². The maximum atomic E-state index is 13.1. The van der Waals surface area contributed by atoms with E-state index in [2.05, 4.69) is 22.2 Å². The molecule has 1 N–H and O–H groups in total. The van der Waals surface area contributed by atoms with Crippen LogP contribution in [0.25, 0.3) is 10.9 Å². The molecule has 1 aliphatic carbocycles. The van der Waals surface area contributed by atoms with Crippen molar-refractivity contribution in [3.8, 4) is 5.88 Å². The average molecular weight is 472 g/mol. The summed E-state index contributed by atoms with van der Waals surface area (Å²) < 4.78 is 44.3. The Hall–Kier alpha value is -3.16. The fourth-order valence-electron chi connectivity index (χ4n) is 4.98. The van der Waals surface area contributed by atoms with Crippen LogP contribution < -0.4 is 10.1 Å². The molecular formula is C26H28F3N3O2. The lowest BCUT2D eigenvalue weighted by atomic mass is 9.75. The second-order valence-corrected chi connectivity index (χ2v) is 8.82. The molecule has 0 unspecified atom stereocenters. The third-order valence-corrected chi connectivity index (χ3v) is 6.85. The Balaban J connectivity index is 1.42. The third kappa shape index (κ3) is 5.16. The van der Waals surface area contributed by atoms with E-state index in [-0.39, 0.29) is 17.9 Å². The van der Waals surface area contributed by atoms with Gasteiger partial charge in [0.2, 0.25) is 5.88 Å². The van der Waals surface area contributed by atoms with E-state index in [9.17, 15) is 18.0 Å². The Labute approximate surface area is 196 Å². The fourth-order valence-corrected chi connectivity index (χ4v) is 4.98. The number of nitrogens with one attached hydrogen (secondary N) is 1. The van der Waals surface area contributed by atoms with Crippen molar-refractivity contribution in [2.45, 2.75) is 57.2 Å². The number of hydrogen-bond donors (Lipinski definition) is 1. The van der Waals surface area contributed by atoms with Crippen LogP contribution >= 0.6 is 0 Å². The lowest BCUT2D eigenvalue weighted by molar-refractivity contribution is -0.137. The second kappa shape index (κ2) is 9.99. The molecule has 0 saturated heterocycles. The summed E-state index contributed by atoms with van der Waals surface area (Å²) in [5.41, 5.74) is 1.25. The van der Waals surface area contributed by atoms with Crippen molar-refractivity contribution in [1.82, 2.24) is 15.3 Å². The molecule has 0 radical (unpaired) electrons. The first kappa shape index (κ1) is 24.0. The van der Waals surface area contributed by atoms with E-state index in [0.717, 1.165) is 55.2 Å². The molecule has 1 fully saturated rings. The molecule has 1 aromatic carbocycles. The first-order valence-electron chi connectivity index (χ1n) is 11.6. The fraction of sp³-hybridized carbons (Fsp3) is 0.423.